The lowest BCUT2D eigenvalue weighted by molar-refractivity contribution is -0.143. The van der Waals surface area contributed by atoms with Gasteiger partial charge in [-0.05, 0) is 13.3 Å². The molecule has 0 aliphatic rings. The molecule has 0 aliphatic carbocycles. The Balaban J connectivity index is 6.04. The van der Waals surface area contributed by atoms with Crippen molar-refractivity contribution < 1.29 is 86.9 Å². The van der Waals surface area contributed by atoms with Crippen molar-refractivity contribution in [3.05, 3.63) is 0 Å². The van der Waals surface area contributed by atoms with Crippen LogP contribution in [0.3, 0.4) is 0 Å². The summed E-state index contributed by atoms with van der Waals surface area (Å²) in [6.45, 7) is 0.925. The molecular formula is C35H61N7O18S. The van der Waals surface area contributed by atoms with Gasteiger partial charge in [0.1, 0.15) is 24.2 Å². The molecule has 0 aliphatic heterocycles. The van der Waals surface area contributed by atoms with Gasteiger partial charge in [-0.15, -0.1) is 0 Å². The van der Waals surface area contributed by atoms with E-state index in [1.165, 1.54) is 21.3 Å². The number of thioether (sulfide) groups is 1. The molecule has 0 fully saturated rings. The summed E-state index contributed by atoms with van der Waals surface area (Å²) in [6, 6.07) is -8.15. The zero-order valence-corrected chi connectivity index (χ0v) is 35.6. The zero-order valence-electron chi connectivity index (χ0n) is 34.8. The number of carbonyl (C=O) groups is 9. The number of hydrogen-bond donors (Lipinski definition) is 10. The smallest absolute Gasteiger partial charge is 0.327 e. The number of likely N-dealkylation sites (N-methyl/N-ethyl adjacent to an activating group) is 1. The summed E-state index contributed by atoms with van der Waals surface area (Å²) in [7, 11) is 4.31. The van der Waals surface area contributed by atoms with Crippen molar-refractivity contribution >= 4 is 65.1 Å². The molecule has 0 saturated carbocycles. The van der Waals surface area contributed by atoms with Crippen LogP contribution in [0, 0.1) is 0 Å². The van der Waals surface area contributed by atoms with Crippen molar-refractivity contribution in [1.82, 2.24) is 37.2 Å². The van der Waals surface area contributed by atoms with Gasteiger partial charge >= 0.3 is 17.9 Å². The van der Waals surface area contributed by atoms with Gasteiger partial charge in [0.2, 0.25) is 35.4 Å². The van der Waals surface area contributed by atoms with Gasteiger partial charge in [0, 0.05) is 45.9 Å². The third kappa shape index (κ3) is 28.5. The molecule has 0 aromatic rings. The van der Waals surface area contributed by atoms with Gasteiger partial charge in [0.05, 0.1) is 85.0 Å². The van der Waals surface area contributed by atoms with Crippen LogP contribution in [0.2, 0.25) is 0 Å². The van der Waals surface area contributed by atoms with Crippen molar-refractivity contribution in [2.24, 2.45) is 0 Å². The monoisotopic (exact) mass is 899 g/mol. The van der Waals surface area contributed by atoms with Crippen molar-refractivity contribution in [3.63, 3.8) is 0 Å². The van der Waals surface area contributed by atoms with Gasteiger partial charge in [0.25, 0.3) is 0 Å². The topological polar surface area (TPSA) is 354 Å². The normalized spacial score (nSPS) is 13.4. The summed E-state index contributed by atoms with van der Waals surface area (Å²) >= 11 is 1.09. The van der Waals surface area contributed by atoms with Crippen LogP contribution in [0.1, 0.15) is 25.7 Å². The largest absolute Gasteiger partial charge is 0.481 e. The average Bonchev–Trinajstić information content (AvgIpc) is 3.20. The summed E-state index contributed by atoms with van der Waals surface area (Å²) in [5.74, 6) is -10.3. The number of nitrogens with one attached hydrogen (secondary N) is 7. The Labute approximate surface area is 357 Å². The van der Waals surface area contributed by atoms with Crippen LogP contribution in [0.4, 0.5) is 0 Å². The van der Waals surface area contributed by atoms with Crippen molar-refractivity contribution in [3.8, 4) is 0 Å². The summed E-state index contributed by atoms with van der Waals surface area (Å²) in [5.41, 5.74) is 0. The Morgan fingerprint density at radius 3 is 1.21 bits per heavy atom. The maximum atomic E-state index is 13.6. The van der Waals surface area contributed by atoms with E-state index in [9.17, 15) is 58.5 Å². The first kappa shape index (κ1) is 56.3. The second-order valence-corrected chi connectivity index (χ2v) is 13.5. The highest BCUT2D eigenvalue weighted by Gasteiger charge is 2.34. The molecule has 5 atom stereocenters. The number of hydrogen-bond acceptors (Lipinski definition) is 17. The van der Waals surface area contributed by atoms with Gasteiger partial charge in [-0.25, -0.2) is 4.79 Å². The fourth-order valence-corrected chi connectivity index (χ4v) is 5.16. The second kappa shape index (κ2) is 35.0. The van der Waals surface area contributed by atoms with E-state index in [-0.39, 0.29) is 58.2 Å². The average molecular weight is 900 g/mol. The van der Waals surface area contributed by atoms with Gasteiger partial charge in [-0.3, -0.25) is 38.4 Å². The lowest BCUT2D eigenvalue weighted by Gasteiger charge is -2.26. The van der Waals surface area contributed by atoms with Crippen LogP contribution in [-0.2, 0) is 71.6 Å². The molecule has 0 radical (unpaired) electrons. The highest BCUT2D eigenvalue weighted by molar-refractivity contribution is 7.98. The van der Waals surface area contributed by atoms with Crippen LogP contribution in [-0.4, -0.2) is 211 Å². The van der Waals surface area contributed by atoms with E-state index in [1.54, 1.807) is 6.26 Å². The lowest BCUT2D eigenvalue weighted by Crippen LogP contribution is -2.62. The number of carboxylic acid groups (broad SMARTS) is 3. The number of aliphatic carboxylic acids is 3. The molecule has 10 N–H and O–H groups in total. The second-order valence-electron chi connectivity index (χ2n) is 12.6. The first-order valence-corrected chi connectivity index (χ1v) is 20.4. The minimum atomic E-state index is -1.95. The quantitative estimate of drug-likeness (QED) is 0.0260. The lowest BCUT2D eigenvalue weighted by atomic mass is 10.1. The fourth-order valence-electron chi connectivity index (χ4n) is 4.60. The maximum absolute atomic E-state index is 13.6. The molecule has 0 rings (SSSR count). The zero-order chi connectivity index (χ0) is 46.0. The molecule has 26 heteroatoms. The van der Waals surface area contributed by atoms with E-state index >= 15 is 0 Å². The summed E-state index contributed by atoms with van der Waals surface area (Å²) in [6.07, 6.45) is -0.591. The van der Waals surface area contributed by atoms with Crippen molar-refractivity contribution in [1.29, 1.82) is 0 Å². The fraction of sp³-hybridized carbons (Fsp3) is 0.743. The van der Waals surface area contributed by atoms with Crippen molar-refractivity contribution in [2.75, 3.05) is 112 Å². The number of ether oxygens (including phenoxy) is 6. The van der Waals surface area contributed by atoms with Crippen LogP contribution in [0.15, 0.2) is 0 Å². The summed E-state index contributed by atoms with van der Waals surface area (Å²) < 4.78 is 30.9. The predicted octanol–water partition coefficient (Wildman–Crippen LogP) is -4.72. The highest BCUT2D eigenvalue weighted by Crippen LogP contribution is 2.02. The molecular weight excluding hydrogens is 838 g/mol. The van der Waals surface area contributed by atoms with Gasteiger partial charge in [-0.2, -0.15) is 11.8 Å². The Bertz CT molecular complexity index is 1380. The Kier molecular flexibility index (Phi) is 32.3. The van der Waals surface area contributed by atoms with Gasteiger partial charge < -0.3 is 81.0 Å². The first-order valence-electron chi connectivity index (χ1n) is 19.0. The van der Waals surface area contributed by atoms with Crippen molar-refractivity contribution in [2.45, 2.75) is 55.9 Å². The predicted molar refractivity (Wildman–Crippen MR) is 213 cm³/mol. The van der Waals surface area contributed by atoms with Crippen LogP contribution in [0.25, 0.3) is 0 Å². The summed E-state index contributed by atoms with van der Waals surface area (Å²) in [4.78, 5) is 114. The molecule has 350 valence electrons. The van der Waals surface area contributed by atoms with E-state index in [4.69, 9.17) is 28.4 Å². The minimum absolute atomic E-state index is 0.0490. The Morgan fingerprint density at radius 1 is 0.492 bits per heavy atom. The van der Waals surface area contributed by atoms with E-state index in [2.05, 4.69) is 37.2 Å². The molecule has 0 aromatic heterocycles. The molecule has 25 nitrogen and oxygen atoms in total. The molecule has 6 amide bonds. The molecule has 0 bridgehead atoms. The first-order chi connectivity index (χ1) is 29.1. The van der Waals surface area contributed by atoms with E-state index < -0.39 is 109 Å². The third-order valence-electron chi connectivity index (χ3n) is 7.83. The number of rotatable bonds is 38. The van der Waals surface area contributed by atoms with Crippen LogP contribution in [0.5, 0.6) is 0 Å². The standard InChI is InChI=1S/C35H61N7O18S/c1-36-22(17-29(45)46)31(49)40-24(19-37-27(43)5-7-57-13-15-59-11-9-55-2)33(51)39-23(18-30(47)48)32(50)41-25(34(52)42-26(21-61-4)35(53)54)20-38-28(44)6-8-58-14-16-60-12-10-56-3/h22-26,36H,5-21H2,1-4H3,(H,37,43)(H,38,44)(H,39,51)(H,40,49)(H,41,50)(H,42,52)(H,45,46)(H,47,48)(H,53,54)/t22-,23-,24-,25-,26-/m0/s1. The molecule has 0 heterocycles. The molecule has 0 spiro atoms. The Hall–Kier alpha value is -4.70. The minimum Gasteiger partial charge on any atom is -0.481 e. The highest BCUT2D eigenvalue weighted by atomic mass is 32.2. The van der Waals surface area contributed by atoms with Gasteiger partial charge in [-0.1, -0.05) is 0 Å². The van der Waals surface area contributed by atoms with Crippen LogP contribution >= 0.6 is 11.8 Å². The number of amides is 6. The Morgan fingerprint density at radius 2 is 0.836 bits per heavy atom. The molecule has 0 unspecified atom stereocenters. The SMILES string of the molecule is CN[C@@H](CC(=O)O)C(=O)N[C@@H](CNC(=O)CCOCCOCCOC)C(=O)N[C@@H](CC(=O)O)C(=O)N[C@@H](CNC(=O)CCOCCOCCOC)C(=O)N[C@@H](CSC)C(=O)O. The number of carbonyl (C=O) groups excluding carboxylic acids is 6. The van der Waals surface area contributed by atoms with E-state index in [0.717, 1.165) is 11.8 Å². The van der Waals surface area contributed by atoms with Crippen LogP contribution < -0.4 is 37.2 Å². The molecule has 61 heavy (non-hydrogen) atoms. The van der Waals surface area contributed by atoms with Gasteiger partial charge in [0.15, 0.2) is 0 Å². The number of carboxylic acids is 3. The number of methoxy groups -OCH3 is 2. The maximum Gasteiger partial charge on any atom is 0.327 e. The molecule has 0 saturated heterocycles. The molecule has 0 aromatic carbocycles. The third-order valence-corrected chi connectivity index (χ3v) is 8.50. The van der Waals surface area contributed by atoms with E-state index in [1.807, 2.05) is 0 Å². The van der Waals surface area contributed by atoms with E-state index in [0.29, 0.717) is 26.4 Å². The summed E-state index contributed by atoms with van der Waals surface area (Å²) in [5, 5.41) is 44.7.